The zero-order valence-electron chi connectivity index (χ0n) is 12.7. The predicted octanol–water partition coefficient (Wildman–Crippen LogP) is 0.0219. The minimum atomic E-state index is -1.05. The molecule has 1 heterocycles. The zero-order chi connectivity index (χ0) is 17.2. The van der Waals surface area contributed by atoms with Crippen molar-refractivity contribution in [2.24, 2.45) is 0 Å². The van der Waals surface area contributed by atoms with Gasteiger partial charge in [0.05, 0.1) is 13.0 Å². The smallest absolute Gasteiger partial charge is 0.303 e. The maximum absolute atomic E-state index is 11.5. The Kier molecular flexibility index (Phi) is 7.65. The van der Waals surface area contributed by atoms with Crippen LogP contribution in [0.2, 0.25) is 0 Å². The zero-order valence-corrected chi connectivity index (χ0v) is 12.7. The number of carboxylic acid groups (broad SMARTS) is 1. The predicted molar refractivity (Wildman–Crippen MR) is 79.2 cm³/mol. The van der Waals surface area contributed by atoms with E-state index < -0.39 is 5.97 Å². The molecule has 0 aromatic rings. The summed E-state index contributed by atoms with van der Waals surface area (Å²) in [4.78, 5) is 56.8. The molecule has 0 aromatic heterocycles. The van der Waals surface area contributed by atoms with E-state index in [1.165, 1.54) is 12.2 Å². The Morgan fingerprint density at radius 3 is 2.22 bits per heavy atom. The quantitative estimate of drug-likeness (QED) is 0.408. The molecule has 0 aromatic carbocycles. The molecule has 8 nitrogen and oxygen atoms in total. The van der Waals surface area contributed by atoms with E-state index in [0.29, 0.717) is 25.8 Å². The summed E-state index contributed by atoms with van der Waals surface area (Å²) in [5, 5.41) is 10.9. The Labute approximate surface area is 133 Å². The molecule has 0 saturated carbocycles. The van der Waals surface area contributed by atoms with Gasteiger partial charge in [0.1, 0.15) is 0 Å². The summed E-state index contributed by atoms with van der Waals surface area (Å²) < 4.78 is 0. The number of hydrogen-bond donors (Lipinski definition) is 2. The van der Waals surface area contributed by atoms with Crippen molar-refractivity contribution in [2.45, 2.75) is 38.5 Å². The standard InChI is InChI=1S/C15H20N2O6/c18-11(5-8-15(22)23)10-16-12(19)4-2-1-3-9-17-13(20)6-7-14(17)21/h6-7H,1-5,8-10H2,(H,16,19)(H,22,23). The lowest BCUT2D eigenvalue weighted by Gasteiger charge is -2.13. The summed E-state index contributed by atoms with van der Waals surface area (Å²) in [5.74, 6) is -2.27. The van der Waals surface area contributed by atoms with Crippen LogP contribution < -0.4 is 5.32 Å². The Bertz CT molecular complexity index is 508. The molecular formula is C15H20N2O6. The largest absolute Gasteiger partial charge is 0.481 e. The number of Topliss-reactive ketones (excluding diaryl/α,β-unsaturated/α-hetero) is 1. The fourth-order valence-corrected chi connectivity index (χ4v) is 2.00. The molecule has 0 bridgehead atoms. The first-order chi connectivity index (χ1) is 10.9. The molecule has 126 valence electrons. The number of ketones is 1. The van der Waals surface area contributed by atoms with Crippen LogP contribution in [0, 0.1) is 0 Å². The van der Waals surface area contributed by atoms with Gasteiger partial charge in [-0.2, -0.15) is 0 Å². The van der Waals surface area contributed by atoms with Crippen molar-refractivity contribution in [3.63, 3.8) is 0 Å². The Hall–Kier alpha value is -2.51. The van der Waals surface area contributed by atoms with Crippen LogP contribution in [-0.2, 0) is 24.0 Å². The van der Waals surface area contributed by atoms with E-state index >= 15 is 0 Å². The number of imide groups is 1. The number of hydrogen-bond acceptors (Lipinski definition) is 5. The van der Waals surface area contributed by atoms with Crippen molar-refractivity contribution in [1.29, 1.82) is 0 Å². The Morgan fingerprint density at radius 2 is 1.61 bits per heavy atom. The molecule has 1 aliphatic rings. The Morgan fingerprint density at radius 1 is 0.957 bits per heavy atom. The molecule has 0 atom stereocenters. The molecule has 0 radical (unpaired) electrons. The van der Waals surface area contributed by atoms with E-state index in [0.717, 1.165) is 4.90 Å². The van der Waals surface area contributed by atoms with E-state index in [4.69, 9.17) is 5.11 Å². The number of carboxylic acids is 1. The number of unbranched alkanes of at least 4 members (excludes halogenated alkanes) is 2. The molecule has 8 heteroatoms. The lowest BCUT2D eigenvalue weighted by Crippen LogP contribution is -2.31. The van der Waals surface area contributed by atoms with Crippen LogP contribution >= 0.6 is 0 Å². The lowest BCUT2D eigenvalue weighted by molar-refractivity contribution is -0.139. The van der Waals surface area contributed by atoms with Crippen molar-refractivity contribution in [3.05, 3.63) is 12.2 Å². The van der Waals surface area contributed by atoms with Gasteiger partial charge >= 0.3 is 5.97 Å². The van der Waals surface area contributed by atoms with Crippen molar-refractivity contribution < 1.29 is 29.1 Å². The van der Waals surface area contributed by atoms with Crippen LogP contribution in [0.5, 0.6) is 0 Å². The molecule has 2 N–H and O–H groups in total. The average molecular weight is 324 g/mol. The van der Waals surface area contributed by atoms with Crippen molar-refractivity contribution in [1.82, 2.24) is 10.2 Å². The Balaban J connectivity index is 2.04. The van der Waals surface area contributed by atoms with E-state index in [1.807, 2.05) is 0 Å². The number of carbonyl (C=O) groups excluding carboxylic acids is 4. The number of nitrogens with zero attached hydrogens (tertiary/aromatic N) is 1. The minimum absolute atomic E-state index is 0.0957. The molecule has 1 rings (SSSR count). The first kappa shape index (κ1) is 18.5. The summed E-state index contributed by atoms with van der Waals surface area (Å²) in [6, 6.07) is 0. The number of nitrogens with one attached hydrogen (secondary N) is 1. The second kappa shape index (κ2) is 9.50. The molecule has 23 heavy (non-hydrogen) atoms. The average Bonchev–Trinajstić information content (AvgIpc) is 2.82. The van der Waals surface area contributed by atoms with Gasteiger partial charge < -0.3 is 10.4 Å². The van der Waals surface area contributed by atoms with Crippen LogP contribution in [0.25, 0.3) is 0 Å². The van der Waals surface area contributed by atoms with Gasteiger partial charge in [-0.1, -0.05) is 6.42 Å². The molecule has 0 aliphatic carbocycles. The summed E-state index contributed by atoms with van der Waals surface area (Å²) in [5.41, 5.74) is 0. The highest BCUT2D eigenvalue weighted by molar-refractivity contribution is 6.12. The molecular weight excluding hydrogens is 304 g/mol. The second-order valence-electron chi connectivity index (χ2n) is 5.18. The third kappa shape index (κ3) is 7.35. The van der Waals surface area contributed by atoms with Gasteiger partial charge in [0, 0.05) is 31.5 Å². The van der Waals surface area contributed by atoms with Crippen LogP contribution in [0.4, 0.5) is 0 Å². The fraction of sp³-hybridized carbons (Fsp3) is 0.533. The third-order valence-corrected chi connectivity index (χ3v) is 3.29. The first-order valence-electron chi connectivity index (χ1n) is 7.44. The van der Waals surface area contributed by atoms with Gasteiger partial charge in [-0.3, -0.25) is 28.9 Å². The number of rotatable bonds is 11. The monoisotopic (exact) mass is 324 g/mol. The van der Waals surface area contributed by atoms with E-state index in [1.54, 1.807) is 0 Å². The summed E-state index contributed by atoms with van der Waals surface area (Å²) >= 11 is 0. The minimum Gasteiger partial charge on any atom is -0.481 e. The molecule has 0 fully saturated rings. The van der Waals surface area contributed by atoms with Gasteiger partial charge in [0.15, 0.2) is 5.78 Å². The van der Waals surface area contributed by atoms with E-state index in [9.17, 15) is 24.0 Å². The maximum atomic E-state index is 11.5. The van der Waals surface area contributed by atoms with Crippen LogP contribution in [-0.4, -0.2) is 52.6 Å². The summed E-state index contributed by atoms with van der Waals surface area (Å²) in [7, 11) is 0. The third-order valence-electron chi connectivity index (χ3n) is 3.29. The van der Waals surface area contributed by atoms with Crippen LogP contribution in [0.1, 0.15) is 38.5 Å². The highest BCUT2D eigenvalue weighted by Gasteiger charge is 2.22. The van der Waals surface area contributed by atoms with E-state index in [-0.39, 0.29) is 49.3 Å². The first-order valence-corrected chi connectivity index (χ1v) is 7.44. The van der Waals surface area contributed by atoms with Crippen molar-refractivity contribution >= 4 is 29.5 Å². The molecule has 0 saturated heterocycles. The highest BCUT2D eigenvalue weighted by Crippen LogP contribution is 2.07. The second-order valence-corrected chi connectivity index (χ2v) is 5.18. The molecule has 1 aliphatic heterocycles. The summed E-state index contributed by atoms with van der Waals surface area (Å²) in [6.45, 7) is 0.175. The molecule has 3 amide bonds. The van der Waals surface area contributed by atoms with Crippen LogP contribution in [0.15, 0.2) is 12.2 Å². The van der Waals surface area contributed by atoms with Crippen molar-refractivity contribution in [2.75, 3.05) is 13.1 Å². The topological polar surface area (TPSA) is 121 Å². The highest BCUT2D eigenvalue weighted by atomic mass is 16.4. The SMILES string of the molecule is O=C(O)CCC(=O)CNC(=O)CCCCCN1C(=O)C=CC1=O. The van der Waals surface area contributed by atoms with E-state index in [2.05, 4.69) is 5.32 Å². The van der Waals surface area contributed by atoms with Crippen LogP contribution in [0.3, 0.4) is 0 Å². The fourth-order valence-electron chi connectivity index (χ4n) is 2.00. The van der Waals surface area contributed by atoms with Gasteiger partial charge in [0.2, 0.25) is 5.91 Å². The van der Waals surface area contributed by atoms with Gasteiger partial charge in [0.25, 0.3) is 11.8 Å². The number of carbonyl (C=O) groups is 5. The molecule has 0 spiro atoms. The normalized spacial score (nSPS) is 13.5. The number of amides is 3. The van der Waals surface area contributed by atoms with Gasteiger partial charge in [-0.25, -0.2) is 0 Å². The summed E-state index contributed by atoms with van der Waals surface area (Å²) in [6.07, 6.45) is 4.25. The molecule has 0 unspecified atom stereocenters. The van der Waals surface area contributed by atoms with Crippen molar-refractivity contribution in [3.8, 4) is 0 Å². The lowest BCUT2D eigenvalue weighted by atomic mass is 10.1. The maximum Gasteiger partial charge on any atom is 0.303 e. The van der Waals surface area contributed by atoms with Gasteiger partial charge in [-0.05, 0) is 12.8 Å². The van der Waals surface area contributed by atoms with Gasteiger partial charge in [-0.15, -0.1) is 0 Å². The number of aliphatic carboxylic acids is 1.